The summed E-state index contributed by atoms with van der Waals surface area (Å²) in [6.07, 6.45) is 3.54. The Morgan fingerprint density at radius 2 is 1.78 bits per heavy atom. The number of ether oxygens (including phenoxy) is 1. The lowest BCUT2D eigenvalue weighted by molar-refractivity contribution is -0.384. The van der Waals surface area contributed by atoms with Crippen LogP contribution in [0.25, 0.3) is 0 Å². The van der Waals surface area contributed by atoms with Gasteiger partial charge in [0.05, 0.1) is 4.92 Å². The molecule has 1 aliphatic carbocycles. The van der Waals surface area contributed by atoms with Crippen molar-refractivity contribution >= 4 is 23.1 Å². The number of nitro groups is 1. The van der Waals surface area contributed by atoms with Crippen molar-refractivity contribution in [2.75, 3.05) is 22.5 Å². The molecule has 2 heterocycles. The number of aromatic nitrogens is 3. The average molecular weight is 518 g/mol. The molecular weight excluding hydrogens is 491 g/mol. The molecule has 2 aromatic heterocycles. The number of para-hydroxylation sites is 1. The van der Waals surface area contributed by atoms with E-state index in [-0.39, 0.29) is 35.3 Å². The van der Waals surface area contributed by atoms with E-state index in [1.807, 2.05) is 12.1 Å². The Balaban J connectivity index is 1.34. The van der Waals surface area contributed by atoms with Gasteiger partial charge in [0.1, 0.15) is 11.9 Å². The first-order valence-electron chi connectivity index (χ1n) is 11.8. The molecular formula is C24H26F3N7O3. The number of hydrogen-bond acceptors (Lipinski definition) is 9. The lowest BCUT2D eigenvalue weighted by Gasteiger charge is -2.30. The maximum absolute atomic E-state index is 12.7. The number of rotatable bonds is 10. The minimum absolute atomic E-state index is 0.0418. The highest BCUT2D eigenvalue weighted by molar-refractivity contribution is 5.57. The van der Waals surface area contributed by atoms with Crippen molar-refractivity contribution in [2.24, 2.45) is 5.92 Å². The molecule has 3 aromatic rings. The van der Waals surface area contributed by atoms with E-state index in [4.69, 9.17) is 0 Å². The monoisotopic (exact) mass is 517 g/mol. The molecule has 196 valence electrons. The first kappa shape index (κ1) is 25.9. The second-order valence-electron chi connectivity index (χ2n) is 8.67. The molecule has 0 bridgehead atoms. The summed E-state index contributed by atoms with van der Waals surface area (Å²) in [5, 5.41) is 20.9. The zero-order valence-electron chi connectivity index (χ0n) is 19.7. The van der Waals surface area contributed by atoms with E-state index < -0.39 is 11.3 Å². The van der Waals surface area contributed by atoms with Crippen molar-refractivity contribution in [2.45, 2.75) is 44.6 Å². The van der Waals surface area contributed by atoms with Crippen LogP contribution < -0.4 is 20.7 Å². The minimum Gasteiger partial charge on any atom is -0.405 e. The van der Waals surface area contributed by atoms with Gasteiger partial charge in [0.25, 0.3) is 0 Å². The molecule has 0 spiro atoms. The lowest BCUT2D eigenvalue weighted by atomic mass is 9.86. The Labute approximate surface area is 210 Å². The van der Waals surface area contributed by atoms with Crippen molar-refractivity contribution in [1.29, 1.82) is 0 Å². The fraction of sp³-hybridized carbons (Fsp3) is 0.375. The summed E-state index contributed by atoms with van der Waals surface area (Å²) in [6.45, 7) is 0.430. The molecule has 1 saturated carbocycles. The van der Waals surface area contributed by atoms with Gasteiger partial charge in [-0.05, 0) is 49.8 Å². The molecule has 4 rings (SSSR count). The Kier molecular flexibility index (Phi) is 8.21. The number of nitrogens with one attached hydrogen (secondary N) is 3. The fourth-order valence-electron chi connectivity index (χ4n) is 4.21. The van der Waals surface area contributed by atoms with Gasteiger partial charge in [0, 0.05) is 42.8 Å². The normalized spacial score (nSPS) is 17.6. The molecule has 0 atom stereocenters. The van der Waals surface area contributed by atoms with Crippen LogP contribution in [0.4, 0.5) is 36.3 Å². The van der Waals surface area contributed by atoms with Crippen molar-refractivity contribution < 1.29 is 22.8 Å². The number of alkyl halides is 3. The van der Waals surface area contributed by atoms with Gasteiger partial charge < -0.3 is 20.7 Å². The Hall–Kier alpha value is -4.16. The van der Waals surface area contributed by atoms with Gasteiger partial charge in [-0.2, -0.15) is 4.98 Å². The zero-order valence-corrected chi connectivity index (χ0v) is 19.7. The molecule has 3 N–H and O–H groups in total. The fourth-order valence-corrected chi connectivity index (χ4v) is 4.21. The maximum atomic E-state index is 12.7. The second kappa shape index (κ2) is 11.7. The summed E-state index contributed by atoms with van der Waals surface area (Å²) < 4.78 is 42.1. The highest BCUT2D eigenvalue weighted by atomic mass is 19.4. The topological polar surface area (TPSA) is 127 Å². The van der Waals surface area contributed by atoms with E-state index in [1.165, 1.54) is 18.2 Å². The third-order valence-corrected chi connectivity index (χ3v) is 6.06. The van der Waals surface area contributed by atoms with Gasteiger partial charge in [0.15, 0.2) is 0 Å². The van der Waals surface area contributed by atoms with Crippen LogP contribution in [0.15, 0.2) is 55.0 Å². The first-order chi connectivity index (χ1) is 17.8. The van der Waals surface area contributed by atoms with E-state index in [9.17, 15) is 23.3 Å². The molecule has 1 aliphatic rings. The number of pyridine rings is 1. The molecule has 0 saturated heterocycles. The molecule has 0 amide bonds. The molecule has 0 radical (unpaired) electrons. The second-order valence-corrected chi connectivity index (χ2v) is 8.67. The van der Waals surface area contributed by atoms with Crippen LogP contribution in [-0.2, 0) is 6.54 Å². The molecule has 0 unspecified atom stereocenters. The number of anilines is 3. The molecule has 37 heavy (non-hydrogen) atoms. The van der Waals surface area contributed by atoms with Crippen LogP contribution in [-0.4, -0.2) is 38.8 Å². The van der Waals surface area contributed by atoms with Crippen LogP contribution in [0.3, 0.4) is 0 Å². The predicted octanol–water partition coefficient (Wildman–Crippen LogP) is 5.37. The summed E-state index contributed by atoms with van der Waals surface area (Å²) in [7, 11) is 0. The Bertz CT molecular complexity index is 1190. The third kappa shape index (κ3) is 7.66. The van der Waals surface area contributed by atoms with Crippen LogP contribution in [0.1, 0.15) is 31.2 Å². The Morgan fingerprint density at radius 3 is 2.49 bits per heavy atom. The molecule has 1 fully saturated rings. The van der Waals surface area contributed by atoms with E-state index in [1.54, 1.807) is 18.5 Å². The number of halogens is 3. The van der Waals surface area contributed by atoms with Gasteiger partial charge in [-0.1, -0.05) is 18.2 Å². The summed E-state index contributed by atoms with van der Waals surface area (Å²) in [6, 6.07) is 9.88. The van der Waals surface area contributed by atoms with Gasteiger partial charge in [-0.25, -0.2) is 4.98 Å². The van der Waals surface area contributed by atoms with Crippen molar-refractivity contribution in [3.8, 4) is 5.75 Å². The van der Waals surface area contributed by atoms with E-state index in [0.29, 0.717) is 18.5 Å². The van der Waals surface area contributed by atoms with E-state index in [0.717, 1.165) is 37.6 Å². The number of benzene rings is 1. The molecule has 1 aromatic carbocycles. The van der Waals surface area contributed by atoms with Gasteiger partial charge in [0.2, 0.25) is 11.8 Å². The highest BCUT2D eigenvalue weighted by Gasteiger charge is 2.32. The predicted molar refractivity (Wildman–Crippen MR) is 131 cm³/mol. The maximum Gasteiger partial charge on any atom is 0.573 e. The summed E-state index contributed by atoms with van der Waals surface area (Å²) in [4.78, 5) is 23.1. The van der Waals surface area contributed by atoms with E-state index in [2.05, 4.69) is 35.6 Å². The van der Waals surface area contributed by atoms with Gasteiger partial charge in [-0.15, -0.1) is 13.2 Å². The largest absolute Gasteiger partial charge is 0.573 e. The standard InChI is InChI=1S/C24H26F3N7O3/c25-24(26,27)37-21-4-2-1-3-17(21)14-30-23-31-15-20(34(35)36)22(33-23)29-13-16-5-7-18(8-6-16)32-19-9-11-28-12-10-19/h1-4,9-12,15-16,18H,5-8,13-14H2,(H,28,32)(H2,29,30,31,33). The van der Waals surface area contributed by atoms with Crippen LogP contribution in [0.5, 0.6) is 5.75 Å². The average Bonchev–Trinajstić information content (AvgIpc) is 2.87. The summed E-state index contributed by atoms with van der Waals surface area (Å²) in [5.41, 5.74) is 0.980. The third-order valence-electron chi connectivity index (χ3n) is 6.06. The van der Waals surface area contributed by atoms with Gasteiger partial charge in [-0.3, -0.25) is 15.1 Å². The van der Waals surface area contributed by atoms with Gasteiger partial charge >= 0.3 is 12.0 Å². The lowest BCUT2D eigenvalue weighted by Crippen LogP contribution is -2.29. The molecule has 0 aliphatic heterocycles. The van der Waals surface area contributed by atoms with Crippen LogP contribution in [0.2, 0.25) is 0 Å². The van der Waals surface area contributed by atoms with Crippen LogP contribution >= 0.6 is 0 Å². The zero-order chi connectivity index (χ0) is 26.3. The molecule has 13 heteroatoms. The van der Waals surface area contributed by atoms with E-state index >= 15 is 0 Å². The SMILES string of the molecule is O=[N+]([O-])c1cnc(NCc2ccccc2OC(F)(F)F)nc1NCC1CCC(Nc2ccncc2)CC1. The smallest absolute Gasteiger partial charge is 0.405 e. The van der Waals surface area contributed by atoms with Crippen molar-refractivity contribution in [3.05, 3.63) is 70.7 Å². The summed E-state index contributed by atoms with van der Waals surface area (Å²) >= 11 is 0. The highest BCUT2D eigenvalue weighted by Crippen LogP contribution is 2.29. The Morgan fingerprint density at radius 1 is 1.05 bits per heavy atom. The summed E-state index contributed by atoms with van der Waals surface area (Å²) in [5.74, 6) is 0.0594. The number of hydrogen-bond donors (Lipinski definition) is 3. The van der Waals surface area contributed by atoms with Crippen molar-refractivity contribution in [1.82, 2.24) is 15.0 Å². The molecule has 10 nitrogen and oxygen atoms in total. The number of nitrogens with zero attached hydrogens (tertiary/aromatic N) is 4. The quantitative estimate of drug-likeness (QED) is 0.240. The van der Waals surface area contributed by atoms with Crippen LogP contribution in [0, 0.1) is 16.0 Å². The van der Waals surface area contributed by atoms with Crippen molar-refractivity contribution in [3.63, 3.8) is 0 Å². The minimum atomic E-state index is -4.83. The first-order valence-corrected chi connectivity index (χ1v) is 11.8.